The number of benzene rings is 3. The van der Waals surface area contributed by atoms with Gasteiger partial charge >= 0.3 is 0 Å². The van der Waals surface area contributed by atoms with Gasteiger partial charge in [-0.15, -0.1) is 11.8 Å². The maximum atomic E-state index is 13.9. The Labute approximate surface area is 235 Å². The summed E-state index contributed by atoms with van der Waals surface area (Å²) in [4.78, 5) is 28.2. The van der Waals surface area contributed by atoms with E-state index in [2.05, 4.69) is 5.32 Å². The molecule has 8 nitrogen and oxygen atoms in total. The van der Waals surface area contributed by atoms with E-state index < -0.39 is 0 Å². The predicted octanol–water partition coefficient (Wildman–Crippen LogP) is 5.10. The highest BCUT2D eigenvalue weighted by Crippen LogP contribution is 2.50. The summed E-state index contributed by atoms with van der Waals surface area (Å²) in [5.41, 5.74) is 3.80. The Balaban J connectivity index is 1.59. The number of fused-ring (bicyclic) bond motifs is 2. The third kappa shape index (κ3) is 4.90. The van der Waals surface area contributed by atoms with Crippen molar-refractivity contribution in [1.29, 1.82) is 0 Å². The van der Waals surface area contributed by atoms with Crippen LogP contribution >= 0.6 is 11.8 Å². The maximum absolute atomic E-state index is 13.9. The molecule has 0 saturated heterocycles. The van der Waals surface area contributed by atoms with Crippen molar-refractivity contribution in [1.82, 2.24) is 15.1 Å². The smallest absolute Gasteiger partial charge is 0.240 e. The Kier molecular flexibility index (Phi) is 7.17. The highest BCUT2D eigenvalue weighted by molar-refractivity contribution is 8.00. The molecule has 2 amide bonds. The number of carbonyl (C=O) groups is 2. The number of nitrogens with zero attached hydrogens (tertiary/aromatic N) is 3. The molecule has 1 N–H and O–H groups in total. The molecule has 40 heavy (non-hydrogen) atoms. The summed E-state index contributed by atoms with van der Waals surface area (Å²) >= 11 is 1.47. The van der Waals surface area contributed by atoms with Crippen LogP contribution < -0.4 is 19.7 Å². The van der Waals surface area contributed by atoms with E-state index in [1.165, 1.54) is 28.8 Å². The molecule has 4 aromatic rings. The van der Waals surface area contributed by atoms with Crippen molar-refractivity contribution in [2.45, 2.75) is 18.6 Å². The van der Waals surface area contributed by atoms with E-state index >= 15 is 0 Å². The zero-order chi connectivity index (χ0) is 27.6. The largest absolute Gasteiger partial charge is 0.454 e. The number of amides is 2. The Morgan fingerprint density at radius 1 is 1.07 bits per heavy atom. The fraction of sp³-hybridized carbons (Fsp3) is 0.233. The minimum Gasteiger partial charge on any atom is -0.454 e. The number of carbonyl (C=O) groups excluding carboxylic acids is 2. The molecule has 0 spiro atoms. The van der Waals surface area contributed by atoms with Gasteiger partial charge in [-0.1, -0.05) is 43.3 Å². The molecule has 0 aliphatic carbocycles. The number of anilines is 1. The van der Waals surface area contributed by atoms with Gasteiger partial charge in [-0.3, -0.25) is 14.5 Å². The SMILES string of the molecule is CCCNC(=O)CN1C(=O)CS[C@H](c2ccc3c(c2)OCO3)c2c(-c3ccccc3)nn(-c3ccc(F)cc3)c21. The third-order valence-corrected chi connectivity index (χ3v) is 8.04. The van der Waals surface area contributed by atoms with Crippen LogP contribution in [0.2, 0.25) is 0 Å². The first-order valence-electron chi connectivity index (χ1n) is 13.1. The standard InChI is InChI=1S/C30H27FN4O4S/c1-2-14-32-25(36)16-34-26(37)17-40-29(20-8-13-23-24(15-20)39-18-38-23)27-28(19-6-4-3-5-7-19)33-35(30(27)34)22-11-9-21(31)10-12-22/h3-13,15,29H,2,14,16-18H2,1H3,(H,32,36)/t29-/m1/s1. The quantitative estimate of drug-likeness (QED) is 0.340. The first-order chi connectivity index (χ1) is 19.5. The third-order valence-electron chi connectivity index (χ3n) is 6.78. The van der Waals surface area contributed by atoms with E-state index in [1.54, 1.807) is 16.8 Å². The lowest BCUT2D eigenvalue weighted by Gasteiger charge is -2.23. The van der Waals surface area contributed by atoms with Crippen LogP contribution in [0.5, 0.6) is 11.5 Å². The molecular weight excluding hydrogens is 531 g/mol. The van der Waals surface area contributed by atoms with Crippen molar-refractivity contribution in [3.63, 3.8) is 0 Å². The van der Waals surface area contributed by atoms with E-state index in [0.717, 1.165) is 23.1 Å². The van der Waals surface area contributed by atoms with Gasteiger partial charge in [-0.25, -0.2) is 9.07 Å². The molecule has 204 valence electrons. The summed E-state index contributed by atoms with van der Waals surface area (Å²) in [6.45, 7) is 2.46. The Morgan fingerprint density at radius 3 is 2.62 bits per heavy atom. The van der Waals surface area contributed by atoms with Gasteiger partial charge in [0.25, 0.3) is 0 Å². The number of ether oxygens (including phenoxy) is 2. The average molecular weight is 559 g/mol. The van der Waals surface area contributed by atoms with Gasteiger partial charge < -0.3 is 14.8 Å². The Hall–Kier alpha value is -4.31. The zero-order valence-electron chi connectivity index (χ0n) is 21.8. The number of hydrogen-bond donors (Lipinski definition) is 1. The lowest BCUT2D eigenvalue weighted by molar-refractivity contribution is -0.122. The van der Waals surface area contributed by atoms with Crippen LogP contribution in [0.25, 0.3) is 16.9 Å². The molecule has 1 aromatic heterocycles. The van der Waals surface area contributed by atoms with E-state index in [1.807, 2.05) is 55.5 Å². The van der Waals surface area contributed by atoms with Crippen LogP contribution in [0.4, 0.5) is 10.2 Å². The number of halogens is 1. The van der Waals surface area contributed by atoms with Gasteiger partial charge in [0.05, 0.1) is 22.4 Å². The van der Waals surface area contributed by atoms with Crippen LogP contribution in [-0.2, 0) is 9.59 Å². The van der Waals surface area contributed by atoms with Crippen LogP contribution in [-0.4, -0.2) is 47.2 Å². The van der Waals surface area contributed by atoms with Gasteiger partial charge in [0.2, 0.25) is 18.6 Å². The molecule has 0 fully saturated rings. The minimum atomic E-state index is -0.383. The summed E-state index contributed by atoms with van der Waals surface area (Å²) in [5, 5.41) is 7.57. The average Bonchev–Trinajstić information content (AvgIpc) is 3.57. The number of hydrogen-bond acceptors (Lipinski definition) is 6. The Morgan fingerprint density at radius 2 is 1.85 bits per heavy atom. The van der Waals surface area contributed by atoms with Gasteiger partial charge in [0.1, 0.15) is 18.2 Å². The second-order valence-corrected chi connectivity index (χ2v) is 10.6. The van der Waals surface area contributed by atoms with E-state index in [4.69, 9.17) is 14.6 Å². The van der Waals surface area contributed by atoms with E-state index in [9.17, 15) is 14.0 Å². The van der Waals surface area contributed by atoms with Crippen molar-refractivity contribution in [2.24, 2.45) is 0 Å². The summed E-state index contributed by atoms with van der Waals surface area (Å²) in [5.74, 6) is 1.06. The topological polar surface area (TPSA) is 85.7 Å². The predicted molar refractivity (Wildman–Crippen MR) is 151 cm³/mol. The molecule has 0 radical (unpaired) electrons. The van der Waals surface area contributed by atoms with E-state index in [0.29, 0.717) is 35.2 Å². The number of aromatic nitrogens is 2. The number of nitrogens with one attached hydrogen (secondary N) is 1. The summed E-state index contributed by atoms with van der Waals surface area (Å²) in [7, 11) is 0. The van der Waals surface area contributed by atoms with Crippen molar-refractivity contribution >= 4 is 29.4 Å². The molecule has 1 atom stereocenters. The molecule has 0 saturated carbocycles. The summed E-state index contributed by atoms with van der Waals surface area (Å²) in [6, 6.07) is 21.4. The van der Waals surface area contributed by atoms with Gasteiger partial charge in [0.15, 0.2) is 11.5 Å². The van der Waals surface area contributed by atoms with Crippen LogP contribution in [0.15, 0.2) is 72.8 Å². The maximum Gasteiger partial charge on any atom is 0.240 e. The number of thioether (sulfide) groups is 1. The fourth-order valence-electron chi connectivity index (χ4n) is 4.89. The van der Waals surface area contributed by atoms with E-state index in [-0.39, 0.29) is 42.0 Å². The van der Waals surface area contributed by atoms with Crippen LogP contribution in [0.1, 0.15) is 29.7 Å². The van der Waals surface area contributed by atoms with Crippen molar-refractivity contribution in [2.75, 3.05) is 30.5 Å². The van der Waals surface area contributed by atoms with Crippen molar-refractivity contribution in [3.8, 4) is 28.4 Å². The highest BCUT2D eigenvalue weighted by atomic mass is 32.2. The first-order valence-corrected chi connectivity index (χ1v) is 14.1. The summed E-state index contributed by atoms with van der Waals surface area (Å²) in [6.07, 6.45) is 0.776. The molecule has 10 heteroatoms. The molecule has 2 aliphatic rings. The van der Waals surface area contributed by atoms with Crippen molar-refractivity contribution in [3.05, 3.63) is 89.7 Å². The highest BCUT2D eigenvalue weighted by Gasteiger charge is 2.38. The fourth-order valence-corrected chi connectivity index (χ4v) is 6.08. The zero-order valence-corrected chi connectivity index (χ0v) is 22.6. The van der Waals surface area contributed by atoms with Crippen LogP contribution in [0.3, 0.4) is 0 Å². The van der Waals surface area contributed by atoms with Crippen LogP contribution in [0, 0.1) is 5.82 Å². The summed E-state index contributed by atoms with van der Waals surface area (Å²) < 4.78 is 26.8. The second-order valence-electron chi connectivity index (χ2n) is 9.47. The lowest BCUT2D eigenvalue weighted by Crippen LogP contribution is -2.42. The van der Waals surface area contributed by atoms with Gasteiger partial charge in [-0.05, 0) is 48.4 Å². The van der Waals surface area contributed by atoms with Gasteiger partial charge in [-0.2, -0.15) is 5.10 Å². The van der Waals surface area contributed by atoms with Gasteiger partial charge in [0, 0.05) is 17.7 Å². The second kappa shape index (κ2) is 11.1. The first kappa shape index (κ1) is 25.9. The molecule has 0 bridgehead atoms. The molecule has 3 aromatic carbocycles. The lowest BCUT2D eigenvalue weighted by atomic mass is 9.99. The minimum absolute atomic E-state index is 0.145. The normalized spacial score (nSPS) is 16.0. The molecular formula is C30H27FN4O4S. The molecule has 3 heterocycles. The molecule has 0 unspecified atom stereocenters. The molecule has 6 rings (SSSR count). The Bertz CT molecular complexity index is 1560. The number of rotatable bonds is 7. The molecule has 2 aliphatic heterocycles. The van der Waals surface area contributed by atoms with Crippen molar-refractivity contribution < 1.29 is 23.5 Å². The monoisotopic (exact) mass is 558 g/mol.